The fourth-order valence-corrected chi connectivity index (χ4v) is 2.77. The monoisotopic (exact) mass is 314 g/mol. The minimum Gasteiger partial charge on any atom is -0.391 e. The molecule has 120 valence electrons. The van der Waals surface area contributed by atoms with Gasteiger partial charge in [-0.3, -0.25) is 9.59 Å². The number of aromatic amines is 1. The highest BCUT2D eigenvalue weighted by molar-refractivity contribution is 6.13. The van der Waals surface area contributed by atoms with E-state index in [1.54, 1.807) is 16.5 Å². The van der Waals surface area contributed by atoms with Crippen molar-refractivity contribution in [2.75, 3.05) is 13.1 Å². The van der Waals surface area contributed by atoms with Gasteiger partial charge in [-0.15, -0.1) is 0 Å². The first kappa shape index (κ1) is 15.6. The number of urea groups is 1. The summed E-state index contributed by atoms with van der Waals surface area (Å²) in [5.74, 6) is 0.571. The minimum atomic E-state index is -0.333. The third-order valence-electron chi connectivity index (χ3n) is 4.05. The molecule has 8 nitrogen and oxygen atoms in total. The van der Waals surface area contributed by atoms with Gasteiger partial charge in [-0.25, -0.2) is 9.67 Å². The first-order chi connectivity index (χ1) is 10.7. The molecule has 0 aromatic carbocycles. The maximum Gasteiger partial charge on any atom is 0.304 e. The van der Waals surface area contributed by atoms with Crippen molar-refractivity contribution in [1.82, 2.24) is 29.9 Å². The molecule has 2 aromatic rings. The molecule has 3 rings (SSSR count). The zero-order chi connectivity index (χ0) is 16.9. The molecule has 0 saturated carbocycles. The van der Waals surface area contributed by atoms with Crippen molar-refractivity contribution in [3.8, 4) is 0 Å². The molecule has 3 heterocycles. The summed E-state index contributed by atoms with van der Waals surface area (Å²) in [6.07, 6.45) is 0. The van der Waals surface area contributed by atoms with Crippen molar-refractivity contribution in [3.63, 3.8) is 0 Å². The Kier molecular flexibility index (Phi) is 3.46. The lowest BCUT2D eigenvalue weighted by Gasteiger charge is -2.38. The summed E-state index contributed by atoms with van der Waals surface area (Å²) in [6, 6.07) is -0.333. The minimum absolute atomic E-state index is 0.00646. The van der Waals surface area contributed by atoms with Gasteiger partial charge in [0.15, 0.2) is 5.65 Å². The van der Waals surface area contributed by atoms with Crippen LogP contribution in [0.25, 0.3) is 11.0 Å². The maximum absolute atomic E-state index is 12.4. The number of hydrogen-bond acceptors (Lipinski definition) is 4. The average Bonchev–Trinajstić information content (AvgIpc) is 2.74. The van der Waals surface area contributed by atoms with Crippen molar-refractivity contribution in [1.29, 1.82) is 0 Å². The Labute approximate surface area is 134 Å². The Bertz CT molecular complexity index is 828. The van der Waals surface area contributed by atoms with E-state index in [0.717, 1.165) is 0 Å². The van der Waals surface area contributed by atoms with Crippen molar-refractivity contribution in [2.45, 2.75) is 39.2 Å². The molecule has 2 radical (unpaired) electrons. The molecular weight excluding hydrogens is 295 g/mol. The number of carbonyl (C=O) groups excluding carboxylic acids is 1. The van der Waals surface area contributed by atoms with Gasteiger partial charge in [-0.05, 0) is 27.7 Å². The molecular formula is C14H19BN6O2. The second-order valence-electron chi connectivity index (χ2n) is 6.87. The summed E-state index contributed by atoms with van der Waals surface area (Å²) >= 11 is 0. The average molecular weight is 314 g/mol. The predicted molar refractivity (Wildman–Crippen MR) is 86.5 cm³/mol. The van der Waals surface area contributed by atoms with E-state index in [2.05, 4.69) is 20.3 Å². The van der Waals surface area contributed by atoms with Crippen LogP contribution in [0.4, 0.5) is 4.79 Å². The number of fused-ring (bicyclic) bond motifs is 1. The van der Waals surface area contributed by atoms with Gasteiger partial charge >= 0.3 is 6.03 Å². The largest absolute Gasteiger partial charge is 0.391 e. The molecule has 2 N–H and O–H groups in total. The van der Waals surface area contributed by atoms with E-state index in [1.807, 2.05) is 20.8 Å². The van der Waals surface area contributed by atoms with Gasteiger partial charge in [0.05, 0.1) is 17.2 Å². The number of carbonyl (C=O) groups is 1. The molecule has 1 aliphatic rings. The molecule has 1 saturated heterocycles. The topological polar surface area (TPSA) is 95.9 Å². The second kappa shape index (κ2) is 5.11. The van der Waals surface area contributed by atoms with Crippen LogP contribution in [0.3, 0.4) is 0 Å². The second-order valence-corrected chi connectivity index (χ2v) is 6.87. The number of hydrogen-bond donors (Lipinski definition) is 2. The lowest BCUT2D eigenvalue weighted by molar-refractivity contribution is 0.153. The lowest BCUT2D eigenvalue weighted by atomic mass is 9.99. The van der Waals surface area contributed by atoms with Crippen LogP contribution in [0.2, 0.25) is 0 Å². The highest BCUT2D eigenvalue weighted by Gasteiger charge is 2.34. The molecule has 1 fully saturated rings. The first-order valence-corrected chi connectivity index (χ1v) is 7.48. The van der Waals surface area contributed by atoms with Crippen molar-refractivity contribution >= 4 is 25.0 Å². The SMILES string of the molecule is [B]NC(=O)N1CC(c2nc3c(c(C)nn3C(C)(C)C)c(=O)[nH]2)C1. The Morgan fingerprint density at radius 2 is 2.04 bits per heavy atom. The Morgan fingerprint density at radius 3 is 2.61 bits per heavy atom. The van der Waals surface area contributed by atoms with E-state index in [4.69, 9.17) is 7.98 Å². The van der Waals surface area contributed by atoms with Crippen LogP contribution in [-0.2, 0) is 5.54 Å². The van der Waals surface area contributed by atoms with Crippen LogP contribution >= 0.6 is 0 Å². The Balaban J connectivity index is 2.02. The summed E-state index contributed by atoms with van der Waals surface area (Å²) in [4.78, 5) is 32.8. The number of nitrogens with one attached hydrogen (secondary N) is 2. The van der Waals surface area contributed by atoms with E-state index in [0.29, 0.717) is 35.6 Å². The standard InChI is InChI=1S/C14H19BN6O2/c1-7-9-11(21(19-7)14(2,3)4)16-10(17-12(9)22)8-5-20(6-8)13(23)18-15/h8H,5-6H2,1-4H3,(H,18,23)(H,16,17,22). The van der Waals surface area contributed by atoms with Gasteiger partial charge in [-0.2, -0.15) is 5.10 Å². The summed E-state index contributed by atoms with van der Waals surface area (Å²) < 4.78 is 1.78. The number of likely N-dealkylation sites (tertiary alicyclic amines) is 1. The number of H-pyrrole nitrogens is 1. The molecule has 0 unspecified atom stereocenters. The highest BCUT2D eigenvalue weighted by atomic mass is 16.2. The van der Waals surface area contributed by atoms with Gasteiger partial charge in [0.1, 0.15) is 11.2 Å². The van der Waals surface area contributed by atoms with E-state index >= 15 is 0 Å². The number of aryl methyl sites for hydroxylation is 1. The van der Waals surface area contributed by atoms with Gasteiger partial charge in [0, 0.05) is 13.1 Å². The van der Waals surface area contributed by atoms with Crippen LogP contribution in [0.15, 0.2) is 4.79 Å². The third-order valence-corrected chi connectivity index (χ3v) is 4.05. The third kappa shape index (κ3) is 2.49. The Hall–Kier alpha value is -2.32. The lowest BCUT2D eigenvalue weighted by Crippen LogP contribution is -2.52. The van der Waals surface area contributed by atoms with Crippen molar-refractivity contribution in [3.05, 3.63) is 21.9 Å². The molecule has 0 spiro atoms. The Morgan fingerprint density at radius 1 is 1.39 bits per heavy atom. The number of rotatable bonds is 1. The van der Waals surface area contributed by atoms with Gasteiger partial charge in [0.2, 0.25) is 7.98 Å². The molecule has 2 amide bonds. The number of amides is 2. The summed E-state index contributed by atoms with van der Waals surface area (Å²) in [6.45, 7) is 8.78. The van der Waals surface area contributed by atoms with Crippen molar-refractivity contribution < 1.29 is 4.79 Å². The van der Waals surface area contributed by atoms with Crippen LogP contribution in [0.5, 0.6) is 0 Å². The number of nitrogens with zero attached hydrogens (tertiary/aromatic N) is 4. The number of aromatic nitrogens is 4. The van der Waals surface area contributed by atoms with E-state index in [-0.39, 0.29) is 23.0 Å². The van der Waals surface area contributed by atoms with Gasteiger partial charge in [0.25, 0.3) is 5.56 Å². The van der Waals surface area contributed by atoms with E-state index < -0.39 is 0 Å². The summed E-state index contributed by atoms with van der Waals surface area (Å²) in [7, 11) is 5.11. The molecule has 0 bridgehead atoms. The molecule has 1 aliphatic heterocycles. The first-order valence-electron chi connectivity index (χ1n) is 7.48. The maximum atomic E-state index is 12.4. The van der Waals surface area contributed by atoms with E-state index in [9.17, 15) is 9.59 Å². The van der Waals surface area contributed by atoms with Crippen LogP contribution < -0.4 is 10.8 Å². The fourth-order valence-electron chi connectivity index (χ4n) is 2.77. The zero-order valence-electron chi connectivity index (χ0n) is 13.7. The van der Waals surface area contributed by atoms with Crippen LogP contribution in [0.1, 0.15) is 38.2 Å². The normalized spacial score (nSPS) is 15.7. The molecule has 0 aliphatic carbocycles. The zero-order valence-corrected chi connectivity index (χ0v) is 13.7. The van der Waals surface area contributed by atoms with Gasteiger partial charge in [-0.1, -0.05) is 0 Å². The van der Waals surface area contributed by atoms with Crippen molar-refractivity contribution in [2.24, 2.45) is 0 Å². The van der Waals surface area contributed by atoms with Gasteiger partial charge < -0.3 is 15.1 Å². The summed E-state index contributed by atoms with van der Waals surface area (Å²) in [5.41, 5.74) is 0.763. The fraction of sp³-hybridized carbons (Fsp3) is 0.571. The molecule has 9 heteroatoms. The molecule has 0 atom stereocenters. The smallest absolute Gasteiger partial charge is 0.304 e. The van der Waals surface area contributed by atoms with Crippen LogP contribution in [0, 0.1) is 6.92 Å². The van der Waals surface area contributed by atoms with E-state index in [1.165, 1.54) is 0 Å². The van der Waals surface area contributed by atoms with Crippen LogP contribution in [-0.4, -0.2) is 51.8 Å². The molecule has 2 aromatic heterocycles. The summed E-state index contributed by atoms with van der Waals surface area (Å²) in [5, 5.41) is 7.07. The highest BCUT2D eigenvalue weighted by Crippen LogP contribution is 2.26. The molecule has 23 heavy (non-hydrogen) atoms. The quantitative estimate of drug-likeness (QED) is 0.744. The predicted octanol–water partition coefficient (Wildman–Crippen LogP) is 0.375.